The highest BCUT2D eigenvalue weighted by Gasteiger charge is 2.09. The molecule has 1 rings (SSSR count). The Labute approximate surface area is 110 Å². The first kappa shape index (κ1) is 14.2. The molecule has 0 aromatic heterocycles. The van der Waals surface area contributed by atoms with Crippen LogP contribution in [0.4, 0.5) is 0 Å². The molecule has 1 aromatic rings. The maximum absolute atomic E-state index is 11.9. The van der Waals surface area contributed by atoms with Crippen LogP contribution in [0.15, 0.2) is 22.7 Å². The predicted molar refractivity (Wildman–Crippen MR) is 72.1 cm³/mol. The van der Waals surface area contributed by atoms with E-state index in [2.05, 4.69) is 21.2 Å². The number of rotatable bonds is 6. The van der Waals surface area contributed by atoms with Gasteiger partial charge >= 0.3 is 0 Å². The molecule has 0 saturated heterocycles. The minimum Gasteiger partial charge on any atom is -0.396 e. The van der Waals surface area contributed by atoms with Crippen molar-refractivity contribution >= 4 is 21.8 Å². The van der Waals surface area contributed by atoms with Gasteiger partial charge < -0.3 is 10.4 Å². The number of aliphatic hydroxyl groups is 1. The minimum atomic E-state index is -0.0344. The second-order valence-corrected chi connectivity index (χ2v) is 4.81. The molecule has 0 aliphatic heterocycles. The van der Waals surface area contributed by atoms with Crippen molar-refractivity contribution in [1.29, 1.82) is 0 Å². The van der Waals surface area contributed by atoms with Gasteiger partial charge in [0.05, 0.1) is 0 Å². The van der Waals surface area contributed by atoms with Crippen molar-refractivity contribution in [2.45, 2.75) is 26.2 Å². The fraction of sp³-hybridized carbons (Fsp3) is 0.462. The zero-order chi connectivity index (χ0) is 12.7. The zero-order valence-electron chi connectivity index (χ0n) is 10.0. The standard InChI is InChI=1S/C13H18BrNO2/c1-10-11(6-5-7-12(10)14)13(17)15-8-3-2-4-9-16/h5-7,16H,2-4,8-9H2,1H3,(H,15,17). The van der Waals surface area contributed by atoms with Gasteiger partial charge in [0.2, 0.25) is 0 Å². The first-order chi connectivity index (χ1) is 8.16. The highest BCUT2D eigenvalue weighted by Crippen LogP contribution is 2.19. The van der Waals surface area contributed by atoms with E-state index in [4.69, 9.17) is 5.11 Å². The van der Waals surface area contributed by atoms with E-state index in [-0.39, 0.29) is 12.5 Å². The number of benzene rings is 1. The summed E-state index contributed by atoms with van der Waals surface area (Å²) in [5.41, 5.74) is 1.67. The van der Waals surface area contributed by atoms with Gasteiger partial charge in [-0.3, -0.25) is 4.79 Å². The number of hydrogen-bond donors (Lipinski definition) is 2. The van der Waals surface area contributed by atoms with Gasteiger partial charge in [-0.15, -0.1) is 0 Å². The molecule has 2 N–H and O–H groups in total. The molecule has 0 atom stereocenters. The highest BCUT2D eigenvalue weighted by atomic mass is 79.9. The molecule has 0 aliphatic carbocycles. The second-order valence-electron chi connectivity index (χ2n) is 3.95. The fourth-order valence-corrected chi connectivity index (χ4v) is 1.93. The molecule has 0 saturated carbocycles. The topological polar surface area (TPSA) is 49.3 Å². The van der Waals surface area contributed by atoms with Crippen LogP contribution in [0, 0.1) is 6.92 Å². The van der Waals surface area contributed by atoms with Gasteiger partial charge in [0.15, 0.2) is 0 Å². The SMILES string of the molecule is Cc1c(Br)cccc1C(=O)NCCCCCO. The van der Waals surface area contributed by atoms with Gasteiger partial charge in [-0.25, -0.2) is 0 Å². The van der Waals surface area contributed by atoms with E-state index in [1.807, 2.05) is 25.1 Å². The molecule has 0 heterocycles. The summed E-state index contributed by atoms with van der Waals surface area (Å²) in [6.07, 6.45) is 2.64. The highest BCUT2D eigenvalue weighted by molar-refractivity contribution is 9.10. The van der Waals surface area contributed by atoms with E-state index in [0.29, 0.717) is 12.1 Å². The summed E-state index contributed by atoms with van der Waals surface area (Å²) in [5.74, 6) is -0.0344. The monoisotopic (exact) mass is 299 g/mol. The van der Waals surface area contributed by atoms with Crippen molar-refractivity contribution < 1.29 is 9.90 Å². The molecule has 3 nitrogen and oxygen atoms in total. The zero-order valence-corrected chi connectivity index (χ0v) is 11.6. The van der Waals surface area contributed by atoms with Crippen LogP contribution in [0.5, 0.6) is 0 Å². The predicted octanol–water partition coefficient (Wildman–Crippen LogP) is 2.65. The number of carbonyl (C=O) groups excluding carboxylic acids is 1. The van der Waals surface area contributed by atoms with Gasteiger partial charge in [0.1, 0.15) is 0 Å². The van der Waals surface area contributed by atoms with Crippen LogP contribution in [0.25, 0.3) is 0 Å². The molecular formula is C13H18BrNO2. The summed E-state index contributed by atoms with van der Waals surface area (Å²) < 4.78 is 0.949. The van der Waals surface area contributed by atoms with Gasteiger partial charge in [-0.05, 0) is 43.9 Å². The molecule has 4 heteroatoms. The summed E-state index contributed by atoms with van der Waals surface area (Å²) in [6.45, 7) is 2.80. The fourth-order valence-electron chi connectivity index (χ4n) is 1.56. The van der Waals surface area contributed by atoms with Crippen molar-refractivity contribution in [3.05, 3.63) is 33.8 Å². The Kier molecular flexibility index (Phi) is 6.22. The van der Waals surface area contributed by atoms with Crippen molar-refractivity contribution in [1.82, 2.24) is 5.32 Å². The van der Waals surface area contributed by atoms with E-state index in [1.54, 1.807) is 0 Å². The summed E-state index contributed by atoms with van der Waals surface area (Å²) in [7, 11) is 0. The lowest BCUT2D eigenvalue weighted by molar-refractivity contribution is 0.0952. The summed E-state index contributed by atoms with van der Waals surface area (Å²) in [4.78, 5) is 11.9. The third-order valence-corrected chi connectivity index (χ3v) is 3.49. The molecule has 0 radical (unpaired) electrons. The Bertz CT molecular complexity index is 380. The molecule has 94 valence electrons. The van der Waals surface area contributed by atoms with Gasteiger partial charge in [-0.2, -0.15) is 0 Å². The van der Waals surface area contributed by atoms with Crippen LogP contribution >= 0.6 is 15.9 Å². The lowest BCUT2D eigenvalue weighted by Crippen LogP contribution is -2.25. The normalized spacial score (nSPS) is 10.3. The number of nitrogens with one attached hydrogen (secondary N) is 1. The van der Waals surface area contributed by atoms with Crippen LogP contribution < -0.4 is 5.32 Å². The van der Waals surface area contributed by atoms with Crippen LogP contribution in [0.1, 0.15) is 35.2 Å². The van der Waals surface area contributed by atoms with Crippen molar-refractivity contribution in [2.24, 2.45) is 0 Å². The Morgan fingerprint density at radius 2 is 2.12 bits per heavy atom. The summed E-state index contributed by atoms with van der Waals surface area (Å²) >= 11 is 3.41. The number of unbranched alkanes of at least 4 members (excludes halogenated alkanes) is 2. The van der Waals surface area contributed by atoms with E-state index < -0.39 is 0 Å². The number of halogens is 1. The van der Waals surface area contributed by atoms with Crippen LogP contribution in [0.2, 0.25) is 0 Å². The summed E-state index contributed by atoms with van der Waals surface area (Å²) in [6, 6.07) is 5.61. The van der Waals surface area contributed by atoms with Crippen molar-refractivity contribution in [2.75, 3.05) is 13.2 Å². The van der Waals surface area contributed by atoms with Gasteiger partial charge in [0.25, 0.3) is 5.91 Å². The molecule has 0 bridgehead atoms. The van der Waals surface area contributed by atoms with Crippen LogP contribution in [-0.4, -0.2) is 24.2 Å². The number of aliphatic hydroxyl groups excluding tert-OH is 1. The third kappa shape index (κ3) is 4.48. The lowest BCUT2D eigenvalue weighted by Gasteiger charge is -2.08. The Hall–Kier alpha value is -0.870. The molecule has 0 fully saturated rings. The Morgan fingerprint density at radius 3 is 2.82 bits per heavy atom. The van der Waals surface area contributed by atoms with Crippen molar-refractivity contribution in [3.8, 4) is 0 Å². The Morgan fingerprint density at radius 1 is 1.35 bits per heavy atom. The average Bonchev–Trinajstić information content (AvgIpc) is 2.32. The van der Waals surface area contributed by atoms with Crippen LogP contribution in [-0.2, 0) is 0 Å². The third-order valence-electron chi connectivity index (χ3n) is 2.63. The van der Waals surface area contributed by atoms with E-state index in [9.17, 15) is 4.79 Å². The lowest BCUT2D eigenvalue weighted by atomic mass is 10.1. The molecule has 17 heavy (non-hydrogen) atoms. The average molecular weight is 300 g/mol. The molecule has 0 aliphatic rings. The second kappa shape index (κ2) is 7.45. The van der Waals surface area contributed by atoms with Crippen molar-refractivity contribution in [3.63, 3.8) is 0 Å². The minimum absolute atomic E-state index is 0.0344. The molecule has 0 spiro atoms. The van der Waals surface area contributed by atoms with Gasteiger partial charge in [0, 0.05) is 23.2 Å². The van der Waals surface area contributed by atoms with E-state index in [0.717, 1.165) is 29.3 Å². The molecule has 1 amide bonds. The maximum atomic E-state index is 11.9. The number of carbonyl (C=O) groups is 1. The first-order valence-corrected chi connectivity index (χ1v) is 6.60. The quantitative estimate of drug-likeness (QED) is 0.794. The Balaban J connectivity index is 2.44. The van der Waals surface area contributed by atoms with E-state index in [1.165, 1.54) is 0 Å². The number of amides is 1. The maximum Gasteiger partial charge on any atom is 0.251 e. The van der Waals surface area contributed by atoms with Gasteiger partial charge in [-0.1, -0.05) is 22.0 Å². The molecule has 0 unspecified atom stereocenters. The first-order valence-electron chi connectivity index (χ1n) is 5.81. The molecular weight excluding hydrogens is 282 g/mol. The largest absolute Gasteiger partial charge is 0.396 e. The van der Waals surface area contributed by atoms with E-state index >= 15 is 0 Å². The number of hydrogen-bond acceptors (Lipinski definition) is 2. The van der Waals surface area contributed by atoms with Crippen LogP contribution in [0.3, 0.4) is 0 Å². The summed E-state index contributed by atoms with van der Waals surface area (Å²) in [5, 5.41) is 11.5. The smallest absolute Gasteiger partial charge is 0.251 e. The molecule has 1 aromatic carbocycles.